The second-order valence-corrected chi connectivity index (χ2v) is 3.48. The Hall–Kier alpha value is -1.29. The molecule has 1 atom stereocenters. The zero-order valence-corrected chi connectivity index (χ0v) is 8.74. The molecule has 78 valence electrons. The first kappa shape index (κ1) is 10.8. The van der Waals surface area contributed by atoms with Crippen LogP contribution in [0.5, 0.6) is 0 Å². The lowest BCUT2D eigenvalue weighted by atomic mass is 10.3. The van der Waals surface area contributed by atoms with Gasteiger partial charge in [0, 0.05) is 18.8 Å². The summed E-state index contributed by atoms with van der Waals surface area (Å²) in [4.78, 5) is 11.6. The maximum Gasteiger partial charge on any atom is 0.268 e. The molecule has 0 spiro atoms. The summed E-state index contributed by atoms with van der Waals surface area (Å²) in [7, 11) is 1.84. The van der Waals surface area contributed by atoms with Gasteiger partial charge in [0.2, 0.25) is 0 Å². The molecule has 0 saturated heterocycles. The van der Waals surface area contributed by atoms with Crippen molar-refractivity contribution in [2.75, 3.05) is 6.61 Å². The molecule has 0 saturated carbocycles. The molecule has 1 rings (SSSR count). The van der Waals surface area contributed by atoms with Crippen LogP contribution in [0.1, 0.15) is 23.1 Å². The largest absolute Gasteiger partial charge is 0.394 e. The molecule has 1 amide bonds. The highest BCUT2D eigenvalue weighted by Crippen LogP contribution is 2.05. The van der Waals surface area contributed by atoms with Crippen molar-refractivity contribution in [1.82, 2.24) is 9.88 Å². The van der Waals surface area contributed by atoms with Crippen molar-refractivity contribution in [2.24, 2.45) is 7.05 Å². The number of nitrogens with zero attached hydrogens (tertiary/aromatic N) is 1. The number of carbonyl (C=O) groups is 1. The molecule has 14 heavy (non-hydrogen) atoms. The van der Waals surface area contributed by atoms with Crippen molar-refractivity contribution >= 4 is 5.91 Å². The van der Waals surface area contributed by atoms with Crippen LogP contribution in [0.3, 0.4) is 0 Å². The monoisotopic (exact) mass is 196 g/mol. The number of nitrogens with one attached hydrogen (secondary N) is 1. The Bertz CT molecular complexity index is 331. The van der Waals surface area contributed by atoms with E-state index in [0.29, 0.717) is 5.69 Å². The van der Waals surface area contributed by atoms with Gasteiger partial charge in [-0.1, -0.05) is 0 Å². The summed E-state index contributed by atoms with van der Waals surface area (Å²) >= 11 is 0. The number of rotatable bonds is 3. The number of aliphatic hydroxyl groups is 1. The van der Waals surface area contributed by atoms with Gasteiger partial charge in [-0.15, -0.1) is 0 Å². The van der Waals surface area contributed by atoms with Crippen molar-refractivity contribution in [3.05, 3.63) is 23.5 Å². The smallest absolute Gasteiger partial charge is 0.268 e. The van der Waals surface area contributed by atoms with Crippen molar-refractivity contribution in [3.8, 4) is 0 Å². The van der Waals surface area contributed by atoms with E-state index in [0.717, 1.165) is 5.69 Å². The van der Waals surface area contributed by atoms with E-state index in [4.69, 9.17) is 5.11 Å². The lowest BCUT2D eigenvalue weighted by Gasteiger charge is -2.11. The number of hydrogen-bond acceptors (Lipinski definition) is 2. The van der Waals surface area contributed by atoms with E-state index in [1.165, 1.54) is 0 Å². The number of amides is 1. The van der Waals surface area contributed by atoms with Gasteiger partial charge in [-0.25, -0.2) is 0 Å². The average Bonchev–Trinajstić information content (AvgIpc) is 2.47. The van der Waals surface area contributed by atoms with Crippen LogP contribution in [0, 0.1) is 6.92 Å². The molecule has 0 aliphatic heterocycles. The Kier molecular flexibility index (Phi) is 3.30. The summed E-state index contributed by atoms with van der Waals surface area (Å²) in [5.41, 5.74) is 1.65. The van der Waals surface area contributed by atoms with Gasteiger partial charge >= 0.3 is 0 Å². The highest BCUT2D eigenvalue weighted by Gasteiger charge is 2.12. The molecular weight excluding hydrogens is 180 g/mol. The minimum Gasteiger partial charge on any atom is -0.394 e. The summed E-state index contributed by atoms with van der Waals surface area (Å²) in [5, 5.41) is 11.5. The van der Waals surface area contributed by atoms with E-state index in [-0.39, 0.29) is 18.6 Å². The van der Waals surface area contributed by atoms with Crippen LogP contribution >= 0.6 is 0 Å². The summed E-state index contributed by atoms with van der Waals surface area (Å²) in [5.74, 6) is -0.151. The number of hydrogen-bond donors (Lipinski definition) is 2. The van der Waals surface area contributed by atoms with Gasteiger partial charge in [0.15, 0.2) is 0 Å². The first-order valence-corrected chi connectivity index (χ1v) is 4.60. The zero-order chi connectivity index (χ0) is 10.7. The number of aromatic nitrogens is 1. The molecule has 0 fully saturated rings. The Morgan fingerprint density at radius 2 is 2.29 bits per heavy atom. The van der Waals surface area contributed by atoms with Gasteiger partial charge in [-0.05, 0) is 26.0 Å². The first-order chi connectivity index (χ1) is 6.56. The molecule has 1 heterocycles. The van der Waals surface area contributed by atoms with E-state index in [1.54, 1.807) is 13.0 Å². The molecule has 0 aromatic carbocycles. The summed E-state index contributed by atoms with van der Waals surface area (Å²) < 4.78 is 1.82. The zero-order valence-electron chi connectivity index (χ0n) is 8.74. The van der Waals surface area contributed by atoms with E-state index < -0.39 is 0 Å². The number of aryl methyl sites for hydroxylation is 1. The minimum atomic E-state index is -0.210. The lowest BCUT2D eigenvalue weighted by molar-refractivity contribution is 0.0914. The minimum absolute atomic E-state index is 0.0465. The summed E-state index contributed by atoms with van der Waals surface area (Å²) in [6.07, 6.45) is 0. The van der Waals surface area contributed by atoms with Crippen LogP contribution in [-0.2, 0) is 7.05 Å². The fourth-order valence-corrected chi connectivity index (χ4v) is 1.18. The second kappa shape index (κ2) is 4.28. The normalized spacial score (nSPS) is 12.6. The van der Waals surface area contributed by atoms with Gasteiger partial charge in [0.05, 0.1) is 6.61 Å². The van der Waals surface area contributed by atoms with Crippen molar-refractivity contribution in [2.45, 2.75) is 19.9 Å². The standard InChI is InChI=1S/C10H16N2O2/c1-7(6-13)11-10(14)9-5-4-8(2)12(9)3/h4-5,7,13H,6H2,1-3H3,(H,11,14). The Balaban J connectivity index is 2.75. The molecule has 4 heteroatoms. The van der Waals surface area contributed by atoms with Crippen LogP contribution in [0.4, 0.5) is 0 Å². The van der Waals surface area contributed by atoms with E-state index in [9.17, 15) is 4.79 Å². The topological polar surface area (TPSA) is 54.3 Å². The molecule has 2 N–H and O–H groups in total. The van der Waals surface area contributed by atoms with Crippen LogP contribution in [0.25, 0.3) is 0 Å². The molecule has 0 aliphatic carbocycles. The van der Waals surface area contributed by atoms with Crippen LogP contribution in [0.15, 0.2) is 12.1 Å². The summed E-state index contributed by atoms with van der Waals surface area (Å²) in [6, 6.07) is 3.45. The Morgan fingerprint density at radius 1 is 1.64 bits per heavy atom. The SMILES string of the molecule is Cc1ccc(C(=O)NC(C)CO)n1C. The van der Waals surface area contributed by atoms with Crippen molar-refractivity contribution < 1.29 is 9.90 Å². The quantitative estimate of drug-likeness (QED) is 0.737. The van der Waals surface area contributed by atoms with Gasteiger partial charge in [-0.3, -0.25) is 4.79 Å². The van der Waals surface area contributed by atoms with Crippen LogP contribution in [0.2, 0.25) is 0 Å². The van der Waals surface area contributed by atoms with E-state index in [1.807, 2.05) is 24.6 Å². The second-order valence-electron chi connectivity index (χ2n) is 3.48. The van der Waals surface area contributed by atoms with Crippen molar-refractivity contribution in [1.29, 1.82) is 0 Å². The fraction of sp³-hybridized carbons (Fsp3) is 0.500. The molecule has 0 aliphatic rings. The maximum atomic E-state index is 11.6. The highest BCUT2D eigenvalue weighted by molar-refractivity contribution is 5.93. The fourth-order valence-electron chi connectivity index (χ4n) is 1.18. The third-order valence-electron chi connectivity index (χ3n) is 2.26. The molecule has 0 bridgehead atoms. The average molecular weight is 196 g/mol. The highest BCUT2D eigenvalue weighted by atomic mass is 16.3. The predicted molar refractivity (Wildman–Crippen MR) is 54.2 cm³/mol. The van der Waals surface area contributed by atoms with Gasteiger partial charge in [-0.2, -0.15) is 0 Å². The van der Waals surface area contributed by atoms with E-state index >= 15 is 0 Å². The van der Waals surface area contributed by atoms with Crippen LogP contribution < -0.4 is 5.32 Å². The predicted octanol–water partition coefficient (Wildman–Crippen LogP) is 0.444. The third-order valence-corrected chi connectivity index (χ3v) is 2.26. The Labute approximate surface area is 83.5 Å². The van der Waals surface area contributed by atoms with Crippen LogP contribution in [-0.4, -0.2) is 28.2 Å². The van der Waals surface area contributed by atoms with Gasteiger partial charge < -0.3 is 15.0 Å². The maximum absolute atomic E-state index is 11.6. The lowest BCUT2D eigenvalue weighted by Crippen LogP contribution is -2.35. The molecule has 1 aromatic heterocycles. The molecule has 1 aromatic rings. The third kappa shape index (κ3) is 2.14. The Morgan fingerprint density at radius 3 is 2.71 bits per heavy atom. The van der Waals surface area contributed by atoms with Gasteiger partial charge in [0.1, 0.15) is 5.69 Å². The molecule has 1 unspecified atom stereocenters. The first-order valence-electron chi connectivity index (χ1n) is 4.60. The molecular formula is C10H16N2O2. The number of carbonyl (C=O) groups excluding carboxylic acids is 1. The van der Waals surface area contributed by atoms with E-state index in [2.05, 4.69) is 5.32 Å². The van der Waals surface area contributed by atoms with Gasteiger partial charge in [0.25, 0.3) is 5.91 Å². The number of aliphatic hydroxyl groups excluding tert-OH is 1. The summed E-state index contributed by atoms with van der Waals surface area (Å²) in [6.45, 7) is 3.65. The molecule has 4 nitrogen and oxygen atoms in total. The van der Waals surface area contributed by atoms with Crippen molar-refractivity contribution in [3.63, 3.8) is 0 Å². The molecule has 0 radical (unpaired) electrons.